The summed E-state index contributed by atoms with van der Waals surface area (Å²) >= 11 is 7.39. The summed E-state index contributed by atoms with van der Waals surface area (Å²) in [5.41, 5.74) is 2.99. The molecular weight excluding hydrogens is 1260 g/mol. The van der Waals surface area contributed by atoms with Crippen LogP contribution in [0.5, 0.6) is 0 Å². The van der Waals surface area contributed by atoms with Crippen molar-refractivity contribution in [3.63, 3.8) is 0 Å². The number of hydrogen-bond acceptors (Lipinski definition) is 24. The van der Waals surface area contributed by atoms with Crippen molar-refractivity contribution in [2.75, 3.05) is 79.5 Å². The van der Waals surface area contributed by atoms with Crippen LogP contribution in [0.4, 0.5) is 10.6 Å². The fourth-order valence-electron chi connectivity index (χ4n) is 9.98. The number of amides is 7. The summed E-state index contributed by atoms with van der Waals surface area (Å²) in [5, 5.41) is 37.3. The van der Waals surface area contributed by atoms with Crippen molar-refractivity contribution in [3.8, 4) is 43.4 Å². The minimum absolute atomic E-state index is 0.0244. The van der Waals surface area contributed by atoms with Gasteiger partial charge < -0.3 is 55.9 Å². The number of ether oxygens (including phenoxy) is 2. The summed E-state index contributed by atoms with van der Waals surface area (Å²) in [6.07, 6.45) is -1.59. The van der Waals surface area contributed by atoms with Crippen molar-refractivity contribution in [3.05, 3.63) is 106 Å². The number of benzene rings is 1. The average molecular weight is 1320 g/mol. The molecule has 1 aromatic carbocycles. The lowest BCUT2D eigenvalue weighted by atomic mass is 10.0. The van der Waals surface area contributed by atoms with Crippen LogP contribution in [0.1, 0.15) is 92.7 Å². The first-order valence-electron chi connectivity index (χ1n) is 28.3. The molecule has 0 aliphatic carbocycles. The first-order chi connectivity index (χ1) is 42.8. The standard InChI is InChI=1S/C58H65N15O10S6/c1-29(2)43-57-72(6)47(38(89-57)24-82-7)51(80)60-23-41(75)68-46(48(77)31-12-9-8-10-13-31)56-65-37(27-86-56)54-63-35(25-85-54)45-32(52-64-36(26-84-52)49(78)62-34(22-40(74)59-4)55-70-44(30(3)88-55)50(79)69-43)15-16-33(61-45)53-66-39(28-87-53)67-58(81)83-21-11-14-42(76)73-19-17-71(5)18-20-73/h8-10,12-13,15-16,25-29,34,43,46,48,57,77H,11,14,17-24H2,1-7H3,(H,59,74)(H,60,80)(H,62,78)(H,67,81)(H,68,75)(H,69,79)/t34-,43-,46-,48-,57?/m0/s1. The molecule has 1 saturated heterocycles. The van der Waals surface area contributed by atoms with E-state index in [-0.39, 0.29) is 60.8 Å². The zero-order valence-electron chi connectivity index (χ0n) is 49.5. The van der Waals surface area contributed by atoms with Gasteiger partial charge in [-0.05, 0) is 44.0 Å². The number of carbonyl (C=O) groups excluding carboxylic acids is 7. The van der Waals surface area contributed by atoms with Crippen LogP contribution in [0.2, 0.25) is 0 Å². The summed E-state index contributed by atoms with van der Waals surface area (Å²) in [4.78, 5) is 132. The van der Waals surface area contributed by atoms with Crippen LogP contribution >= 0.6 is 68.4 Å². The Balaban J connectivity index is 0.981. The van der Waals surface area contributed by atoms with Crippen molar-refractivity contribution in [1.82, 2.24) is 71.2 Å². The molecule has 0 spiro atoms. The Morgan fingerprint density at radius 1 is 0.764 bits per heavy atom. The highest BCUT2D eigenvalue weighted by atomic mass is 32.2. The van der Waals surface area contributed by atoms with E-state index in [2.05, 4.69) is 41.8 Å². The van der Waals surface area contributed by atoms with E-state index in [0.29, 0.717) is 88.2 Å². The third-order valence-electron chi connectivity index (χ3n) is 14.8. The van der Waals surface area contributed by atoms with Crippen molar-refractivity contribution in [2.24, 2.45) is 5.92 Å². The normalized spacial score (nSPS) is 19.1. The van der Waals surface area contributed by atoms with Gasteiger partial charge in [0.2, 0.25) is 17.7 Å². The predicted molar refractivity (Wildman–Crippen MR) is 342 cm³/mol. The molecule has 468 valence electrons. The lowest BCUT2D eigenvalue weighted by Gasteiger charge is -2.34. The highest BCUT2D eigenvalue weighted by Crippen LogP contribution is 2.42. The van der Waals surface area contributed by atoms with E-state index in [4.69, 9.17) is 34.4 Å². The molecule has 0 saturated carbocycles. The highest BCUT2D eigenvalue weighted by Gasteiger charge is 2.41. The van der Waals surface area contributed by atoms with Crippen LogP contribution in [0.25, 0.3) is 43.4 Å². The Morgan fingerprint density at radius 3 is 2.24 bits per heavy atom. The molecule has 10 rings (SSSR count). The predicted octanol–water partition coefficient (Wildman–Crippen LogP) is 6.69. The number of aromatic nitrogens is 6. The topological polar surface area (TPSA) is 317 Å². The van der Waals surface area contributed by atoms with Gasteiger partial charge in [-0.2, -0.15) is 0 Å². The molecule has 3 aliphatic rings. The number of nitrogens with zero attached hydrogens (tertiary/aromatic N) is 9. The molecule has 25 nitrogen and oxygen atoms in total. The van der Waals surface area contributed by atoms with Crippen LogP contribution in [0.3, 0.4) is 0 Å². The van der Waals surface area contributed by atoms with E-state index in [0.717, 1.165) is 24.4 Å². The van der Waals surface area contributed by atoms with Gasteiger partial charge in [-0.3, -0.25) is 34.1 Å². The Morgan fingerprint density at radius 2 is 1.48 bits per heavy atom. The molecular formula is C58H65N15O10S6. The third-order valence-corrected chi connectivity index (χ3v) is 20.8. The van der Waals surface area contributed by atoms with Gasteiger partial charge in [-0.25, -0.2) is 34.7 Å². The van der Waals surface area contributed by atoms with Crippen LogP contribution < -0.4 is 31.9 Å². The van der Waals surface area contributed by atoms with Gasteiger partial charge in [-0.1, -0.05) is 55.9 Å². The lowest BCUT2D eigenvalue weighted by Crippen LogP contribution is -2.51. The SMILES string of the molecule is CNC(=O)C[C@@H]1NC(=O)c2csc(n2)-c2ccc(-c3nc(NC(=O)OCCCC(=O)N4CCN(C)CC4)cs3)nc2-c2csc(n2)-c2csc(n2)[C@H]([C@@H](O)c2ccccc2)NC(=O)CNC(=O)C2=C(COC)SC([C@H](C(C)C)NC(=O)c3nc1sc3C)N2C. The summed E-state index contributed by atoms with van der Waals surface area (Å²) in [7, 11) is 6.74. The Labute approximate surface area is 536 Å². The number of aliphatic hydroxyl groups excluding tert-OH is 1. The van der Waals surface area contributed by atoms with Crippen LogP contribution in [-0.4, -0.2) is 177 Å². The first-order valence-corrected chi connectivity index (χ1v) is 33.5. The van der Waals surface area contributed by atoms with Gasteiger partial charge in [0, 0.05) is 90.7 Å². The van der Waals surface area contributed by atoms with E-state index >= 15 is 0 Å². The number of methoxy groups -OCH3 is 1. The number of fused-ring (bicyclic) bond motifs is 14. The van der Waals surface area contributed by atoms with Crippen LogP contribution in [-0.2, 0) is 28.7 Å². The molecule has 6 aromatic heterocycles. The Kier molecular flexibility index (Phi) is 20.9. The summed E-state index contributed by atoms with van der Waals surface area (Å²) < 4.78 is 11.0. The number of carbonyl (C=O) groups is 7. The molecule has 7 amide bonds. The van der Waals surface area contributed by atoms with Crippen LogP contribution in [0, 0.1) is 12.8 Å². The molecule has 3 aliphatic heterocycles. The smallest absolute Gasteiger partial charge is 0.412 e. The largest absolute Gasteiger partial charge is 0.449 e. The van der Waals surface area contributed by atoms with Gasteiger partial charge >= 0.3 is 6.09 Å². The lowest BCUT2D eigenvalue weighted by molar-refractivity contribution is -0.133. The monoisotopic (exact) mass is 1320 g/mol. The van der Waals surface area contributed by atoms with Gasteiger partial charge in [0.25, 0.3) is 17.7 Å². The number of rotatable bonds is 13. The average Bonchev–Trinajstić information content (AvgIpc) is 1.78. The van der Waals surface area contributed by atoms with E-state index in [1.54, 1.807) is 76.8 Å². The maximum absolute atomic E-state index is 14.4. The minimum atomic E-state index is -1.27. The number of hydrogen-bond donors (Lipinski definition) is 7. The second-order valence-corrected chi connectivity index (χ2v) is 27.2. The number of thioether (sulfide) groups is 1. The number of thiazole rings is 5. The van der Waals surface area contributed by atoms with Gasteiger partial charge in [-0.15, -0.1) is 56.7 Å². The molecule has 9 heterocycles. The highest BCUT2D eigenvalue weighted by molar-refractivity contribution is 8.04. The molecule has 7 aromatic rings. The fraction of sp³-hybridized carbons (Fsp3) is 0.397. The van der Waals surface area contributed by atoms with Crippen LogP contribution in [0.15, 0.2) is 74.6 Å². The number of pyridine rings is 1. The van der Waals surface area contributed by atoms with E-state index < -0.39 is 71.8 Å². The van der Waals surface area contributed by atoms with Gasteiger partial charge in [0.1, 0.15) is 77.2 Å². The number of piperazine rings is 1. The molecule has 1 fully saturated rings. The van der Waals surface area contributed by atoms with Crippen molar-refractivity contribution in [2.45, 2.75) is 69.6 Å². The number of likely N-dealkylation sites (N-methyl/N-ethyl adjacent to an activating group) is 2. The molecule has 1 unspecified atom stereocenters. The van der Waals surface area contributed by atoms with E-state index in [1.807, 2.05) is 31.9 Å². The van der Waals surface area contributed by atoms with Gasteiger partial charge in [0.15, 0.2) is 0 Å². The fourth-order valence-corrected chi connectivity index (χ4v) is 15.8. The Bertz CT molecular complexity index is 3780. The Hall–Kier alpha value is -7.62. The zero-order valence-corrected chi connectivity index (χ0v) is 54.4. The summed E-state index contributed by atoms with van der Waals surface area (Å²) in [6, 6.07) is 9.71. The first kappa shape index (κ1) is 64.4. The quantitative estimate of drug-likeness (QED) is 0.0591. The van der Waals surface area contributed by atoms with Crippen molar-refractivity contribution >= 4 is 116 Å². The molecule has 7 N–H and O–H groups in total. The van der Waals surface area contributed by atoms with Gasteiger partial charge in [0.05, 0.1) is 49.3 Å². The number of aryl methyl sites for hydroxylation is 1. The third kappa shape index (κ3) is 15.2. The molecule has 0 radical (unpaired) electrons. The maximum atomic E-state index is 14.4. The van der Waals surface area contributed by atoms with E-state index in [1.165, 1.54) is 71.3 Å². The van der Waals surface area contributed by atoms with E-state index in [9.17, 15) is 38.7 Å². The molecule has 31 heteroatoms. The second-order valence-electron chi connectivity index (χ2n) is 21.3. The van der Waals surface area contributed by atoms with Crippen molar-refractivity contribution < 1.29 is 48.1 Å². The molecule has 89 heavy (non-hydrogen) atoms. The summed E-state index contributed by atoms with van der Waals surface area (Å²) in [6.45, 7) is 8.20. The van der Waals surface area contributed by atoms with Crippen molar-refractivity contribution in [1.29, 1.82) is 0 Å². The minimum Gasteiger partial charge on any atom is -0.449 e. The number of nitrogens with one attached hydrogen (secondary N) is 6. The summed E-state index contributed by atoms with van der Waals surface area (Å²) in [5.74, 6) is -2.62. The molecule has 10 bridgehead atoms. The number of anilines is 1. The zero-order chi connectivity index (χ0) is 63.0. The second kappa shape index (κ2) is 28.9. The maximum Gasteiger partial charge on any atom is 0.412 e. The molecule has 5 atom stereocenters. The number of aliphatic hydroxyl groups is 1.